The van der Waals surface area contributed by atoms with E-state index in [1.165, 1.54) is 43.3 Å². The zero-order valence-electron chi connectivity index (χ0n) is 31.6. The van der Waals surface area contributed by atoms with E-state index in [9.17, 15) is 19.7 Å². The van der Waals surface area contributed by atoms with Crippen LogP contribution in [0.3, 0.4) is 0 Å². The number of hydrogen-bond acceptors (Lipinski definition) is 11. The highest BCUT2D eigenvalue weighted by molar-refractivity contribution is 5.91. The van der Waals surface area contributed by atoms with Gasteiger partial charge in [0.25, 0.3) is 5.56 Å². The van der Waals surface area contributed by atoms with Crippen LogP contribution in [0.15, 0.2) is 88.2 Å². The van der Waals surface area contributed by atoms with Crippen molar-refractivity contribution in [2.45, 2.75) is 25.8 Å². The Morgan fingerprint density at radius 1 is 1.12 bits per heavy atom. The van der Waals surface area contributed by atoms with E-state index in [0.717, 1.165) is 6.07 Å². The third-order valence-corrected chi connectivity index (χ3v) is 9.33. The van der Waals surface area contributed by atoms with E-state index in [1.807, 2.05) is 14.1 Å². The van der Waals surface area contributed by atoms with Crippen LogP contribution < -0.4 is 20.3 Å². The van der Waals surface area contributed by atoms with Gasteiger partial charge in [-0.15, -0.1) is 0 Å². The van der Waals surface area contributed by atoms with Gasteiger partial charge in [-0.1, -0.05) is 29.3 Å². The summed E-state index contributed by atoms with van der Waals surface area (Å²) in [6, 6.07) is 10.5. The fourth-order valence-corrected chi connectivity index (χ4v) is 6.60. The minimum absolute atomic E-state index is 0.0466. The van der Waals surface area contributed by atoms with Gasteiger partial charge in [0.2, 0.25) is 5.95 Å². The van der Waals surface area contributed by atoms with Crippen molar-refractivity contribution in [2.24, 2.45) is 12.0 Å². The summed E-state index contributed by atoms with van der Waals surface area (Å²) in [6.45, 7) is 2.59. The molecule has 0 radical (unpaired) electrons. The predicted octanol–water partition coefficient (Wildman–Crippen LogP) is 5.55. The molecule has 0 saturated carbocycles. The SMILES string of the molecule is COc1cc(OC)c(F)c(-c2cc3cnc(Nc4ccn(C)n4)nc3n(C(C)c3cccc(CC(=O)/C=C/C[N+](C)(C)CC4=C([N+](=O)[O-])N=CC4)c3)c2=O)c1F. The number of nitrogens with zero attached hydrogens (tertiary/aromatic N) is 8. The van der Waals surface area contributed by atoms with Crippen LogP contribution in [0.2, 0.25) is 0 Å². The van der Waals surface area contributed by atoms with E-state index in [-0.39, 0.29) is 46.7 Å². The van der Waals surface area contributed by atoms with Gasteiger partial charge < -0.3 is 29.4 Å². The van der Waals surface area contributed by atoms with Crippen LogP contribution >= 0.6 is 0 Å². The van der Waals surface area contributed by atoms with Gasteiger partial charge in [0, 0.05) is 49.8 Å². The number of quaternary nitrogens is 1. The molecular formula is C39H40F2N9O6+. The average molecular weight is 769 g/mol. The second-order valence-corrected chi connectivity index (χ2v) is 13.9. The molecular weight excluding hydrogens is 728 g/mol. The van der Waals surface area contributed by atoms with Crippen molar-refractivity contribution < 1.29 is 32.5 Å². The first kappa shape index (κ1) is 39.1. The maximum atomic E-state index is 15.9. The number of nitro groups is 1. The van der Waals surface area contributed by atoms with Crippen LogP contribution in [-0.2, 0) is 18.3 Å². The Morgan fingerprint density at radius 3 is 2.52 bits per heavy atom. The fraction of sp³-hybridized carbons (Fsp3) is 0.282. The third-order valence-electron chi connectivity index (χ3n) is 9.33. The molecule has 1 N–H and O–H groups in total. The second-order valence-electron chi connectivity index (χ2n) is 13.9. The number of halogens is 2. The maximum absolute atomic E-state index is 15.9. The van der Waals surface area contributed by atoms with Crippen molar-refractivity contribution in [3.05, 3.63) is 122 Å². The maximum Gasteiger partial charge on any atom is 0.368 e. The number of carbonyl (C=O) groups excluding carboxylic acids is 1. The number of methoxy groups -OCH3 is 2. The summed E-state index contributed by atoms with van der Waals surface area (Å²) in [5.41, 5.74) is 0.389. The van der Waals surface area contributed by atoms with E-state index in [2.05, 4.69) is 25.4 Å². The lowest BCUT2D eigenvalue weighted by atomic mass is 10.00. The van der Waals surface area contributed by atoms with Crippen LogP contribution in [0.4, 0.5) is 20.5 Å². The van der Waals surface area contributed by atoms with Crippen LogP contribution in [0, 0.1) is 21.7 Å². The van der Waals surface area contributed by atoms with Gasteiger partial charge in [-0.2, -0.15) is 10.1 Å². The summed E-state index contributed by atoms with van der Waals surface area (Å²) in [6.07, 6.45) is 8.40. The molecule has 0 fully saturated rings. The summed E-state index contributed by atoms with van der Waals surface area (Å²) in [7, 11) is 8.02. The number of aromatic nitrogens is 5. The second kappa shape index (κ2) is 16.0. The predicted molar refractivity (Wildman–Crippen MR) is 206 cm³/mol. The van der Waals surface area contributed by atoms with Crippen molar-refractivity contribution in [1.29, 1.82) is 0 Å². The molecule has 1 aliphatic heterocycles. The number of hydrogen-bond donors (Lipinski definition) is 1. The number of anilines is 2. The smallest absolute Gasteiger partial charge is 0.368 e. The Kier molecular flexibility index (Phi) is 11.2. The summed E-state index contributed by atoms with van der Waals surface area (Å²) < 4.78 is 45.3. The number of nitrogens with one attached hydrogen (secondary N) is 1. The van der Waals surface area contributed by atoms with Gasteiger partial charge in [0.05, 0.1) is 57.6 Å². The number of aryl methyl sites for hydroxylation is 1. The number of benzene rings is 2. The fourth-order valence-electron chi connectivity index (χ4n) is 6.60. The van der Waals surface area contributed by atoms with Gasteiger partial charge in [-0.05, 0) is 41.2 Å². The van der Waals surface area contributed by atoms with Gasteiger partial charge >= 0.3 is 5.82 Å². The van der Waals surface area contributed by atoms with Crippen molar-refractivity contribution in [1.82, 2.24) is 24.3 Å². The first-order chi connectivity index (χ1) is 26.7. The molecule has 0 spiro atoms. The number of carbonyl (C=O) groups is 1. The Bertz CT molecular complexity index is 2480. The molecule has 6 rings (SSSR count). The number of ketones is 1. The summed E-state index contributed by atoms with van der Waals surface area (Å²) in [5.74, 6) is -2.52. The lowest BCUT2D eigenvalue weighted by molar-refractivity contribution is -0.880. The molecule has 15 nitrogen and oxygen atoms in total. The van der Waals surface area contributed by atoms with Crippen molar-refractivity contribution in [2.75, 3.05) is 46.7 Å². The molecule has 3 aromatic heterocycles. The molecule has 5 aromatic rings. The highest BCUT2D eigenvalue weighted by Gasteiger charge is 2.29. The Morgan fingerprint density at radius 2 is 1.86 bits per heavy atom. The Balaban J connectivity index is 1.34. The molecule has 56 heavy (non-hydrogen) atoms. The normalized spacial score (nSPS) is 13.5. The topological polar surface area (TPSA) is 169 Å². The molecule has 1 atom stereocenters. The lowest BCUT2D eigenvalue weighted by Crippen LogP contribution is -2.41. The minimum atomic E-state index is -1.09. The zero-order chi connectivity index (χ0) is 40.3. The van der Waals surface area contributed by atoms with Crippen LogP contribution in [-0.4, -0.2) is 87.1 Å². The monoisotopic (exact) mass is 768 g/mol. The molecule has 0 saturated heterocycles. The van der Waals surface area contributed by atoms with E-state index >= 15 is 8.78 Å². The molecule has 4 heterocycles. The molecule has 1 aliphatic rings. The summed E-state index contributed by atoms with van der Waals surface area (Å²) in [4.78, 5) is 51.4. The number of rotatable bonds is 15. The largest absolute Gasteiger partial charge is 0.494 e. The minimum Gasteiger partial charge on any atom is -0.494 e. The van der Waals surface area contributed by atoms with E-state index in [4.69, 9.17) is 9.47 Å². The van der Waals surface area contributed by atoms with Gasteiger partial charge in [-0.25, -0.2) is 13.8 Å². The van der Waals surface area contributed by atoms with Crippen LogP contribution in [0.25, 0.3) is 22.2 Å². The van der Waals surface area contributed by atoms with Gasteiger partial charge in [-0.3, -0.25) is 18.8 Å². The number of ether oxygens (including phenoxy) is 2. The molecule has 0 amide bonds. The van der Waals surface area contributed by atoms with Crippen molar-refractivity contribution >= 4 is 34.8 Å². The van der Waals surface area contributed by atoms with E-state index < -0.39 is 33.7 Å². The standard InChI is InChI=1S/C39H39F2N9O6/c1-23(25-10-7-9-24(17-25)18-28(51)11-8-16-50(3,4)22-26-12-14-42-36(26)49(53)54)48-37-27(21-43-39(45-37)44-32-13-15-47(2)46-32)19-29(38(48)52)33-34(40)30(55-5)20-31(56-6)35(33)41/h7-11,13-15,17,19-21,23H,12,16,18,22H2,1-6H3/p+1/b11-8+. The van der Waals surface area contributed by atoms with E-state index in [0.29, 0.717) is 51.9 Å². The highest BCUT2D eigenvalue weighted by atomic mass is 19.1. The van der Waals surface area contributed by atoms with Crippen molar-refractivity contribution in [3.63, 3.8) is 0 Å². The van der Waals surface area contributed by atoms with Crippen LogP contribution in [0.1, 0.15) is 30.5 Å². The zero-order valence-corrected chi connectivity index (χ0v) is 31.6. The quantitative estimate of drug-likeness (QED) is 0.0617. The average Bonchev–Trinajstić information content (AvgIpc) is 3.79. The number of likely N-dealkylation sites (N-methyl/N-ethyl adjacent to an activating group) is 1. The number of fused-ring (bicyclic) bond motifs is 1. The Labute approximate surface area is 320 Å². The van der Waals surface area contributed by atoms with Crippen LogP contribution in [0.5, 0.6) is 11.5 Å². The molecule has 0 aliphatic carbocycles. The molecule has 2 aromatic carbocycles. The first-order valence-corrected chi connectivity index (χ1v) is 17.5. The molecule has 1 unspecified atom stereocenters. The molecule has 0 bridgehead atoms. The lowest BCUT2D eigenvalue weighted by Gasteiger charge is -2.28. The summed E-state index contributed by atoms with van der Waals surface area (Å²) >= 11 is 0. The molecule has 17 heteroatoms. The molecule has 290 valence electrons. The number of aliphatic imine (C=N–C) groups is 1. The van der Waals surface area contributed by atoms with E-state index in [1.54, 1.807) is 61.3 Å². The third kappa shape index (κ3) is 8.22. The summed E-state index contributed by atoms with van der Waals surface area (Å²) in [5, 5.41) is 18.9. The van der Waals surface area contributed by atoms with Gasteiger partial charge in [0.1, 0.15) is 18.4 Å². The first-order valence-electron chi connectivity index (χ1n) is 17.5. The Hall–Kier alpha value is -6.62. The highest BCUT2D eigenvalue weighted by Crippen LogP contribution is 2.38. The number of pyridine rings is 1. The number of allylic oxidation sites excluding steroid dienone is 1. The van der Waals surface area contributed by atoms with Crippen molar-refractivity contribution in [3.8, 4) is 22.6 Å². The van der Waals surface area contributed by atoms with Gasteiger partial charge in [0.15, 0.2) is 34.7 Å².